The molecule has 1 aromatic heterocycles. The van der Waals surface area contributed by atoms with Crippen LogP contribution in [-0.2, 0) is 9.47 Å². The maximum Gasteiger partial charge on any atom is 0.319 e. The molecule has 138 valence electrons. The van der Waals surface area contributed by atoms with E-state index in [1.807, 2.05) is 13.1 Å². The van der Waals surface area contributed by atoms with E-state index in [1.165, 1.54) is 0 Å². The maximum atomic E-state index is 12.4. The number of hydrogen-bond acceptors (Lipinski definition) is 5. The molecule has 26 heavy (non-hydrogen) atoms. The molecule has 0 saturated carbocycles. The van der Waals surface area contributed by atoms with Crippen LogP contribution in [0.15, 0.2) is 36.7 Å². The first kappa shape index (κ1) is 17.3. The number of halogens is 1. The monoisotopic (exact) mass is 378 g/mol. The highest BCUT2D eigenvalue weighted by molar-refractivity contribution is 6.30. The van der Waals surface area contributed by atoms with Gasteiger partial charge in [0, 0.05) is 16.9 Å². The minimum atomic E-state index is -0.911. The molecule has 2 aromatic rings. The molecule has 2 amide bonds. The Hall–Kier alpha value is -2.13. The van der Waals surface area contributed by atoms with Gasteiger partial charge in [-0.3, -0.25) is 4.68 Å². The van der Waals surface area contributed by atoms with Crippen molar-refractivity contribution < 1.29 is 19.4 Å². The average molecular weight is 379 g/mol. The predicted molar refractivity (Wildman–Crippen MR) is 94.0 cm³/mol. The molecular weight excluding hydrogens is 360 g/mol. The lowest BCUT2D eigenvalue weighted by atomic mass is 9.96. The van der Waals surface area contributed by atoms with Crippen LogP contribution in [0.2, 0.25) is 5.02 Å². The zero-order chi connectivity index (χ0) is 18.3. The standard InChI is InChI=1S/C17H19ClN4O4/c1-9-6-19-22(7-9)14-15(23)13(12-8-25-16(14)26-12)21-17(24)20-11-4-2-3-10(18)5-11/h2-7,12-16,23H,8H2,1H3,(H2,20,21,24). The molecule has 5 atom stereocenters. The van der Waals surface area contributed by atoms with E-state index < -0.39 is 36.6 Å². The average Bonchev–Trinajstić information content (AvgIpc) is 3.20. The fraction of sp³-hybridized carbons (Fsp3) is 0.412. The van der Waals surface area contributed by atoms with Crippen LogP contribution in [0.25, 0.3) is 0 Å². The van der Waals surface area contributed by atoms with Crippen molar-refractivity contribution in [3.05, 3.63) is 47.2 Å². The van der Waals surface area contributed by atoms with E-state index >= 15 is 0 Å². The van der Waals surface area contributed by atoms with E-state index in [1.54, 1.807) is 35.1 Å². The summed E-state index contributed by atoms with van der Waals surface area (Å²) in [6.07, 6.45) is 1.58. The van der Waals surface area contributed by atoms with Crippen molar-refractivity contribution in [2.45, 2.75) is 37.5 Å². The first-order valence-electron chi connectivity index (χ1n) is 8.30. The van der Waals surface area contributed by atoms with E-state index in [4.69, 9.17) is 21.1 Å². The van der Waals surface area contributed by atoms with Gasteiger partial charge in [-0.1, -0.05) is 17.7 Å². The molecule has 0 spiro atoms. The van der Waals surface area contributed by atoms with Crippen LogP contribution in [0.4, 0.5) is 10.5 Å². The van der Waals surface area contributed by atoms with Crippen molar-refractivity contribution in [1.29, 1.82) is 0 Å². The van der Waals surface area contributed by atoms with E-state index in [0.717, 1.165) is 5.56 Å². The van der Waals surface area contributed by atoms with E-state index in [0.29, 0.717) is 17.3 Å². The van der Waals surface area contributed by atoms with Gasteiger partial charge in [0.2, 0.25) is 0 Å². The van der Waals surface area contributed by atoms with Crippen molar-refractivity contribution in [3.8, 4) is 0 Å². The summed E-state index contributed by atoms with van der Waals surface area (Å²) in [6, 6.07) is 5.18. The number of amides is 2. The third-order valence-electron chi connectivity index (χ3n) is 4.55. The number of benzene rings is 1. The summed E-state index contributed by atoms with van der Waals surface area (Å²) in [5.74, 6) is 0. The Balaban J connectivity index is 1.49. The SMILES string of the molecule is Cc1cnn(C2C3OCC(O3)C(NC(=O)Nc3cccc(Cl)c3)C2O)c1. The van der Waals surface area contributed by atoms with Crippen LogP contribution >= 0.6 is 11.6 Å². The van der Waals surface area contributed by atoms with Crippen LogP contribution in [0.5, 0.6) is 0 Å². The van der Waals surface area contributed by atoms with Crippen molar-refractivity contribution in [2.75, 3.05) is 11.9 Å². The number of hydrogen-bond donors (Lipinski definition) is 3. The highest BCUT2D eigenvalue weighted by atomic mass is 35.5. The predicted octanol–water partition coefficient (Wildman–Crippen LogP) is 1.69. The van der Waals surface area contributed by atoms with Crippen molar-refractivity contribution in [2.24, 2.45) is 0 Å². The highest BCUT2D eigenvalue weighted by Gasteiger charge is 2.51. The molecule has 1 aromatic carbocycles. The Bertz CT molecular complexity index is 814. The minimum absolute atomic E-state index is 0.292. The summed E-state index contributed by atoms with van der Waals surface area (Å²) >= 11 is 5.93. The van der Waals surface area contributed by atoms with Gasteiger partial charge in [-0.05, 0) is 30.7 Å². The molecule has 9 heteroatoms. The largest absolute Gasteiger partial charge is 0.388 e. The van der Waals surface area contributed by atoms with Gasteiger partial charge in [0.1, 0.15) is 18.2 Å². The Morgan fingerprint density at radius 2 is 2.31 bits per heavy atom. The van der Waals surface area contributed by atoms with Gasteiger partial charge in [0.25, 0.3) is 0 Å². The summed E-state index contributed by atoms with van der Waals surface area (Å²) in [5, 5.41) is 21.1. The molecule has 2 aliphatic heterocycles. The summed E-state index contributed by atoms with van der Waals surface area (Å²) in [6.45, 7) is 2.20. The lowest BCUT2D eigenvalue weighted by Gasteiger charge is -2.38. The van der Waals surface area contributed by atoms with E-state index in [9.17, 15) is 9.90 Å². The molecule has 2 bridgehead atoms. The molecule has 2 aliphatic rings. The molecule has 8 nitrogen and oxygen atoms in total. The van der Waals surface area contributed by atoms with Crippen LogP contribution in [-0.4, -0.2) is 52.1 Å². The highest BCUT2D eigenvalue weighted by Crippen LogP contribution is 2.35. The number of aryl methyl sites for hydroxylation is 1. The third kappa shape index (κ3) is 3.28. The van der Waals surface area contributed by atoms with Crippen LogP contribution in [0.1, 0.15) is 11.6 Å². The zero-order valence-corrected chi connectivity index (χ0v) is 14.8. The van der Waals surface area contributed by atoms with Gasteiger partial charge in [0.15, 0.2) is 6.29 Å². The van der Waals surface area contributed by atoms with Crippen LogP contribution in [0, 0.1) is 6.92 Å². The van der Waals surface area contributed by atoms with Crippen molar-refractivity contribution in [3.63, 3.8) is 0 Å². The number of urea groups is 1. The molecular formula is C17H19ClN4O4. The normalized spacial score (nSPS) is 30.2. The Kier molecular flexibility index (Phi) is 4.58. The second-order valence-corrected chi connectivity index (χ2v) is 6.93. The van der Waals surface area contributed by atoms with Crippen LogP contribution < -0.4 is 10.6 Å². The summed E-state index contributed by atoms with van der Waals surface area (Å²) in [7, 11) is 0. The van der Waals surface area contributed by atoms with E-state index in [2.05, 4.69) is 15.7 Å². The van der Waals surface area contributed by atoms with Crippen molar-refractivity contribution in [1.82, 2.24) is 15.1 Å². The Morgan fingerprint density at radius 1 is 1.46 bits per heavy atom. The number of aliphatic hydroxyl groups is 1. The number of carbonyl (C=O) groups is 1. The van der Waals surface area contributed by atoms with Gasteiger partial charge in [-0.15, -0.1) is 0 Å². The molecule has 3 heterocycles. The lowest BCUT2D eigenvalue weighted by molar-refractivity contribution is -0.166. The first-order valence-corrected chi connectivity index (χ1v) is 8.68. The number of carbonyl (C=O) groups excluding carboxylic acids is 1. The number of aromatic nitrogens is 2. The summed E-state index contributed by atoms with van der Waals surface area (Å²) < 4.78 is 13.1. The number of anilines is 1. The van der Waals surface area contributed by atoms with Gasteiger partial charge >= 0.3 is 6.03 Å². The molecule has 2 fully saturated rings. The lowest BCUT2D eigenvalue weighted by Crippen LogP contribution is -2.59. The van der Waals surface area contributed by atoms with Gasteiger partial charge in [-0.2, -0.15) is 5.10 Å². The van der Waals surface area contributed by atoms with E-state index in [-0.39, 0.29) is 0 Å². The van der Waals surface area contributed by atoms with Gasteiger partial charge < -0.3 is 25.2 Å². The molecule has 4 rings (SSSR count). The number of fused-ring (bicyclic) bond motifs is 2. The topological polar surface area (TPSA) is 97.6 Å². The fourth-order valence-corrected chi connectivity index (χ4v) is 3.53. The van der Waals surface area contributed by atoms with Gasteiger partial charge in [-0.25, -0.2) is 4.79 Å². The number of nitrogens with zero attached hydrogens (tertiary/aromatic N) is 2. The number of rotatable bonds is 3. The third-order valence-corrected chi connectivity index (χ3v) is 4.78. The second kappa shape index (κ2) is 6.88. The molecule has 0 aliphatic carbocycles. The number of nitrogens with one attached hydrogen (secondary N) is 2. The first-order chi connectivity index (χ1) is 12.5. The van der Waals surface area contributed by atoms with Crippen LogP contribution in [0.3, 0.4) is 0 Å². The molecule has 5 unspecified atom stereocenters. The van der Waals surface area contributed by atoms with Crippen molar-refractivity contribution >= 4 is 23.3 Å². The summed E-state index contributed by atoms with van der Waals surface area (Å²) in [4.78, 5) is 12.4. The smallest absolute Gasteiger partial charge is 0.319 e. The fourth-order valence-electron chi connectivity index (χ4n) is 3.34. The molecule has 0 radical (unpaired) electrons. The number of aliphatic hydroxyl groups excluding tert-OH is 1. The van der Waals surface area contributed by atoms with Gasteiger partial charge in [0.05, 0.1) is 18.8 Å². The summed E-state index contributed by atoms with van der Waals surface area (Å²) in [5.41, 5.74) is 1.52. The second-order valence-electron chi connectivity index (χ2n) is 6.49. The molecule has 2 saturated heterocycles. The Labute approximate surface area is 155 Å². The quantitative estimate of drug-likeness (QED) is 0.755. The minimum Gasteiger partial charge on any atom is -0.388 e. The molecule has 3 N–H and O–H groups in total. The number of ether oxygens (including phenoxy) is 2. The maximum absolute atomic E-state index is 12.4. The zero-order valence-electron chi connectivity index (χ0n) is 14.0. The Morgan fingerprint density at radius 3 is 3.04 bits per heavy atom.